The van der Waals surface area contributed by atoms with E-state index in [-0.39, 0.29) is 29.7 Å². The van der Waals surface area contributed by atoms with Gasteiger partial charge in [-0.3, -0.25) is 0 Å². The van der Waals surface area contributed by atoms with Gasteiger partial charge in [-0.05, 0) is 76.5 Å². The van der Waals surface area contributed by atoms with E-state index in [9.17, 15) is 0 Å². The Morgan fingerprint density at radius 2 is 0.925 bits per heavy atom. The lowest BCUT2D eigenvalue weighted by atomic mass is 9.84. The molecule has 0 saturated carbocycles. The van der Waals surface area contributed by atoms with Gasteiger partial charge in [0.25, 0.3) is 0 Å². The van der Waals surface area contributed by atoms with Crippen LogP contribution in [0.25, 0.3) is 76.5 Å². The van der Waals surface area contributed by atoms with Crippen LogP contribution in [0.2, 0.25) is 0 Å². The summed E-state index contributed by atoms with van der Waals surface area (Å²) in [4.78, 5) is 0. The maximum Gasteiger partial charge on any atom is 0.0629 e. The maximum atomic E-state index is 8.89. The maximum absolute atomic E-state index is 8.89. The Morgan fingerprint density at radius 3 is 1.68 bits per heavy atom. The second kappa shape index (κ2) is 9.22. The van der Waals surface area contributed by atoms with Crippen molar-refractivity contribution in [3.05, 3.63) is 158 Å². The van der Waals surface area contributed by atoms with Crippen molar-refractivity contribution >= 4 is 43.1 Å². The molecule has 0 aliphatic rings. The van der Waals surface area contributed by atoms with Crippen molar-refractivity contribution in [3.63, 3.8) is 0 Å². The average molecular weight is 512 g/mol. The minimum Gasteiger partial charge on any atom is -0.0622 e. The summed E-state index contributed by atoms with van der Waals surface area (Å²) in [6, 6.07) is 42.4. The Morgan fingerprint density at radius 1 is 0.350 bits per heavy atom. The largest absolute Gasteiger partial charge is 0.0629 e. The van der Waals surface area contributed by atoms with Crippen LogP contribution in [0.4, 0.5) is 0 Å². The van der Waals surface area contributed by atoms with E-state index in [4.69, 9.17) is 6.85 Å². The van der Waals surface area contributed by atoms with Gasteiger partial charge in [0.1, 0.15) is 0 Å². The van der Waals surface area contributed by atoms with Gasteiger partial charge < -0.3 is 0 Å². The smallest absolute Gasteiger partial charge is 0.0622 e. The van der Waals surface area contributed by atoms with Crippen molar-refractivity contribution in [1.29, 1.82) is 0 Å². The molecule has 0 aliphatic carbocycles. The molecule has 0 amide bonds. The second-order valence-corrected chi connectivity index (χ2v) is 10.1. The summed E-state index contributed by atoms with van der Waals surface area (Å²) >= 11 is 0. The Labute approximate surface area is 240 Å². The molecule has 0 radical (unpaired) electrons. The van der Waals surface area contributed by atoms with E-state index in [0.717, 1.165) is 49.0 Å². The zero-order valence-corrected chi connectivity index (χ0v) is 21.6. The van der Waals surface area contributed by atoms with Crippen molar-refractivity contribution < 1.29 is 6.85 Å². The molecule has 0 saturated heterocycles. The third kappa shape index (κ3) is 3.54. The molecule has 0 N–H and O–H groups in total. The zero-order valence-electron chi connectivity index (χ0n) is 26.6. The van der Waals surface area contributed by atoms with E-state index in [1.54, 1.807) is 0 Å². The molecular formula is C40H26. The molecule has 40 heavy (non-hydrogen) atoms. The number of hydrogen-bond donors (Lipinski definition) is 0. The average Bonchev–Trinajstić information content (AvgIpc) is 3.09. The van der Waals surface area contributed by atoms with Crippen LogP contribution in [-0.4, -0.2) is 0 Å². The van der Waals surface area contributed by atoms with Crippen molar-refractivity contribution in [2.45, 2.75) is 0 Å². The van der Waals surface area contributed by atoms with Crippen molar-refractivity contribution in [2.75, 3.05) is 0 Å². The van der Waals surface area contributed by atoms with E-state index in [0.29, 0.717) is 5.56 Å². The summed E-state index contributed by atoms with van der Waals surface area (Å²) in [6.07, 6.45) is 0. The summed E-state index contributed by atoms with van der Waals surface area (Å²) in [5, 5.41) is 8.16. The molecule has 0 heteroatoms. The summed E-state index contributed by atoms with van der Waals surface area (Å²) in [5.41, 5.74) is 5.28. The highest BCUT2D eigenvalue weighted by atomic mass is 14.2. The van der Waals surface area contributed by atoms with Gasteiger partial charge in [0, 0.05) is 0 Å². The lowest BCUT2D eigenvalue weighted by Gasteiger charge is -2.19. The van der Waals surface area contributed by atoms with Crippen molar-refractivity contribution in [2.24, 2.45) is 0 Å². The van der Waals surface area contributed by atoms with Crippen LogP contribution in [0, 0.1) is 0 Å². The molecule has 8 rings (SSSR count). The Hall–Kier alpha value is -5.20. The minimum atomic E-state index is -0.393. The second-order valence-electron chi connectivity index (χ2n) is 10.1. The molecule has 0 bridgehead atoms. The fourth-order valence-electron chi connectivity index (χ4n) is 6.19. The monoisotopic (exact) mass is 511 g/mol. The molecule has 0 heterocycles. The molecular weight excluding hydrogens is 480 g/mol. The first-order chi connectivity index (χ1) is 21.9. The number of rotatable bonds is 3. The summed E-state index contributed by atoms with van der Waals surface area (Å²) < 4.78 is 42.9. The first kappa shape index (κ1) is 18.2. The van der Waals surface area contributed by atoms with Gasteiger partial charge in [0.2, 0.25) is 0 Å². The summed E-state index contributed by atoms with van der Waals surface area (Å²) in [5.74, 6) is 0. The highest BCUT2D eigenvalue weighted by Gasteiger charge is 2.18. The third-order valence-corrected chi connectivity index (χ3v) is 7.94. The van der Waals surface area contributed by atoms with Crippen LogP contribution < -0.4 is 0 Å². The molecule has 8 aromatic rings. The molecule has 0 unspecified atom stereocenters. The molecule has 0 atom stereocenters. The van der Waals surface area contributed by atoms with E-state index >= 15 is 0 Å². The molecule has 0 aromatic heterocycles. The normalized spacial score (nSPS) is 13.2. The van der Waals surface area contributed by atoms with Gasteiger partial charge in [-0.15, -0.1) is 0 Å². The van der Waals surface area contributed by atoms with Gasteiger partial charge in [0.15, 0.2) is 0 Å². The number of benzene rings is 8. The first-order valence-corrected chi connectivity index (χ1v) is 13.5. The van der Waals surface area contributed by atoms with Crippen LogP contribution >= 0.6 is 0 Å². The number of fused-ring (bicyclic) bond motifs is 5. The van der Waals surface area contributed by atoms with Gasteiger partial charge in [0.05, 0.1) is 6.85 Å². The molecule has 0 fully saturated rings. The zero-order chi connectivity index (χ0) is 30.8. The van der Waals surface area contributed by atoms with Gasteiger partial charge >= 0.3 is 0 Å². The van der Waals surface area contributed by atoms with Crippen LogP contribution in [0.15, 0.2) is 158 Å². The SMILES string of the molecule is [2H]c1c([2H])c([2H])c(-c2c3ccccc3c(-c3ccc(-c4cccc5ccccc45)cc3)c3c2ccc2ccccc23)c([2H])c1[2H]. The quantitative estimate of drug-likeness (QED) is 0.163. The highest BCUT2D eigenvalue weighted by molar-refractivity contribution is 6.27. The Balaban J connectivity index is 1.48. The molecule has 186 valence electrons. The van der Waals surface area contributed by atoms with E-state index in [1.807, 2.05) is 36.4 Å². The minimum absolute atomic E-state index is 0.201. The third-order valence-electron chi connectivity index (χ3n) is 7.94. The predicted octanol–water partition coefficient (Wildman–Crippen LogP) is 11.3. The molecule has 0 spiro atoms. The van der Waals surface area contributed by atoms with Crippen LogP contribution in [0.1, 0.15) is 6.85 Å². The van der Waals surface area contributed by atoms with Gasteiger partial charge in [-0.25, -0.2) is 0 Å². The summed E-state index contributed by atoms with van der Waals surface area (Å²) in [6.45, 7) is 0. The fraction of sp³-hybridized carbons (Fsp3) is 0. The summed E-state index contributed by atoms with van der Waals surface area (Å²) in [7, 11) is 0. The molecule has 0 aliphatic heterocycles. The van der Waals surface area contributed by atoms with Crippen molar-refractivity contribution in [3.8, 4) is 33.4 Å². The molecule has 0 nitrogen and oxygen atoms in total. The lowest BCUT2D eigenvalue weighted by Crippen LogP contribution is -1.92. The Kier molecular flexibility index (Phi) is 4.18. The van der Waals surface area contributed by atoms with E-state index < -0.39 is 6.04 Å². The van der Waals surface area contributed by atoms with Gasteiger partial charge in [-0.1, -0.05) is 158 Å². The number of hydrogen-bond acceptors (Lipinski definition) is 0. The van der Waals surface area contributed by atoms with Crippen LogP contribution in [0.5, 0.6) is 0 Å². The Bertz CT molecular complexity index is 2440. The highest BCUT2D eigenvalue weighted by Crippen LogP contribution is 2.46. The lowest BCUT2D eigenvalue weighted by molar-refractivity contribution is 1.63. The first-order valence-electron chi connectivity index (χ1n) is 16.0. The molecule has 8 aromatic carbocycles. The van der Waals surface area contributed by atoms with E-state index in [1.165, 1.54) is 16.3 Å². The van der Waals surface area contributed by atoms with E-state index in [2.05, 4.69) is 91.0 Å². The van der Waals surface area contributed by atoms with Crippen molar-refractivity contribution in [1.82, 2.24) is 0 Å². The van der Waals surface area contributed by atoms with Gasteiger partial charge in [-0.2, -0.15) is 0 Å². The van der Waals surface area contributed by atoms with Crippen LogP contribution in [-0.2, 0) is 0 Å². The standard InChI is InChI=1S/C40H26/c1-2-13-30(14-3-1)38-35-18-8-9-19-36(35)39(40-34-17-7-5-12-28(34)25-26-37(38)40)31-23-21-29(22-24-31)33-20-10-15-27-11-4-6-16-32(27)33/h1-26H/i1D,2D,3D,13D,14D. The predicted molar refractivity (Wildman–Crippen MR) is 173 cm³/mol. The van der Waals surface area contributed by atoms with Crippen LogP contribution in [0.3, 0.4) is 0 Å². The fourth-order valence-corrected chi connectivity index (χ4v) is 6.19. The topological polar surface area (TPSA) is 0 Å².